The van der Waals surface area contributed by atoms with E-state index in [4.69, 9.17) is 0 Å². The van der Waals surface area contributed by atoms with Gasteiger partial charge in [0.15, 0.2) is 0 Å². The standard InChI is InChI=1S/C33H42N4O4S/c1-5-23-12-15-27(16-13-23)42(40,41)35-30-28-20-25(14-17-29(28)34-33(3,4)31(30)38)32(39)37(6-2)26-18-19-36(22-26)21-24-10-8-7-9-11-24/h7-17,20,26,30-31,34-35,38H,5-6,18-19,21-22H2,1-4H3/t26-,30+,31-/m0/s1. The molecule has 1 fully saturated rings. The van der Waals surface area contributed by atoms with Crippen LogP contribution in [0.4, 0.5) is 5.69 Å². The molecule has 0 saturated carbocycles. The summed E-state index contributed by atoms with van der Waals surface area (Å²) >= 11 is 0. The highest BCUT2D eigenvalue weighted by atomic mass is 32.2. The van der Waals surface area contributed by atoms with Gasteiger partial charge in [-0.25, -0.2) is 13.1 Å². The van der Waals surface area contributed by atoms with Crippen molar-refractivity contribution in [3.63, 3.8) is 0 Å². The van der Waals surface area contributed by atoms with E-state index in [1.54, 1.807) is 36.4 Å². The largest absolute Gasteiger partial charge is 0.389 e. The molecule has 9 heteroatoms. The molecule has 2 aliphatic heterocycles. The van der Waals surface area contributed by atoms with Gasteiger partial charge in [0.25, 0.3) is 5.91 Å². The summed E-state index contributed by atoms with van der Waals surface area (Å²) in [6.07, 6.45) is 0.619. The van der Waals surface area contributed by atoms with E-state index in [-0.39, 0.29) is 16.8 Å². The van der Waals surface area contributed by atoms with Crippen molar-refractivity contribution in [2.24, 2.45) is 0 Å². The van der Waals surface area contributed by atoms with Gasteiger partial charge in [0.2, 0.25) is 10.0 Å². The number of nitrogens with zero attached hydrogens (tertiary/aromatic N) is 2. The van der Waals surface area contributed by atoms with Crippen molar-refractivity contribution in [3.8, 4) is 0 Å². The summed E-state index contributed by atoms with van der Waals surface area (Å²) in [5, 5.41) is 14.7. The molecule has 0 aliphatic carbocycles. The van der Waals surface area contributed by atoms with E-state index in [9.17, 15) is 18.3 Å². The zero-order chi connectivity index (χ0) is 30.1. The second-order valence-electron chi connectivity index (χ2n) is 11.9. The predicted molar refractivity (Wildman–Crippen MR) is 166 cm³/mol. The minimum atomic E-state index is -3.95. The van der Waals surface area contributed by atoms with Gasteiger partial charge in [-0.2, -0.15) is 0 Å². The third kappa shape index (κ3) is 6.24. The van der Waals surface area contributed by atoms with E-state index in [0.29, 0.717) is 23.4 Å². The molecule has 3 aromatic rings. The first-order valence-corrected chi connectivity index (χ1v) is 16.3. The number of fused-ring (bicyclic) bond motifs is 1. The normalized spacial score (nSPS) is 21.9. The summed E-state index contributed by atoms with van der Waals surface area (Å²) in [4.78, 5) is 18.3. The molecular formula is C33H42N4O4S. The van der Waals surface area contributed by atoms with Crippen molar-refractivity contribution in [2.75, 3.05) is 25.0 Å². The van der Waals surface area contributed by atoms with Crippen molar-refractivity contribution in [3.05, 3.63) is 95.1 Å². The van der Waals surface area contributed by atoms with E-state index < -0.39 is 27.7 Å². The molecule has 2 aliphatic rings. The lowest BCUT2D eigenvalue weighted by atomic mass is 9.82. The maximum absolute atomic E-state index is 13.9. The Morgan fingerprint density at radius 3 is 2.43 bits per heavy atom. The predicted octanol–water partition coefficient (Wildman–Crippen LogP) is 4.57. The summed E-state index contributed by atoms with van der Waals surface area (Å²) in [5.74, 6) is -0.0945. The van der Waals surface area contributed by atoms with E-state index in [0.717, 1.165) is 38.0 Å². The number of hydrogen-bond donors (Lipinski definition) is 3. The fourth-order valence-electron chi connectivity index (χ4n) is 6.13. The molecule has 0 spiro atoms. The zero-order valence-electron chi connectivity index (χ0n) is 24.9. The monoisotopic (exact) mass is 590 g/mol. The first-order valence-electron chi connectivity index (χ1n) is 14.8. The van der Waals surface area contributed by atoms with Crippen LogP contribution < -0.4 is 10.0 Å². The third-order valence-corrected chi connectivity index (χ3v) is 10.1. The summed E-state index contributed by atoms with van der Waals surface area (Å²) in [5.41, 5.74) is 3.20. The van der Waals surface area contributed by atoms with Crippen LogP contribution in [0.3, 0.4) is 0 Å². The Morgan fingerprint density at radius 1 is 1.05 bits per heavy atom. The molecule has 3 aromatic carbocycles. The smallest absolute Gasteiger partial charge is 0.254 e. The average Bonchev–Trinajstić information content (AvgIpc) is 3.43. The molecule has 8 nitrogen and oxygen atoms in total. The number of aryl methyl sites for hydroxylation is 1. The molecular weight excluding hydrogens is 548 g/mol. The van der Waals surface area contributed by atoms with Gasteiger partial charge in [-0.1, -0.05) is 49.4 Å². The zero-order valence-corrected chi connectivity index (χ0v) is 25.7. The van der Waals surface area contributed by atoms with Crippen molar-refractivity contribution >= 4 is 21.6 Å². The summed E-state index contributed by atoms with van der Waals surface area (Å²) < 4.78 is 29.7. The van der Waals surface area contributed by atoms with Crippen LogP contribution in [0.2, 0.25) is 0 Å². The third-order valence-electron chi connectivity index (χ3n) is 8.61. The van der Waals surface area contributed by atoms with Gasteiger partial charge >= 0.3 is 0 Å². The van der Waals surface area contributed by atoms with Crippen LogP contribution in [0.25, 0.3) is 0 Å². The molecule has 0 radical (unpaired) electrons. The molecule has 0 aromatic heterocycles. The molecule has 3 atom stereocenters. The molecule has 224 valence electrons. The number of aliphatic hydroxyl groups excluding tert-OH is 1. The number of carbonyl (C=O) groups is 1. The Kier molecular flexibility index (Phi) is 8.76. The fraction of sp³-hybridized carbons (Fsp3) is 0.424. The van der Waals surface area contributed by atoms with E-state index in [1.165, 1.54) is 5.56 Å². The number of hydrogen-bond acceptors (Lipinski definition) is 6. The van der Waals surface area contributed by atoms with Crippen LogP contribution in [-0.2, 0) is 23.0 Å². The Labute approximate surface area is 249 Å². The van der Waals surface area contributed by atoms with Gasteiger partial charge in [0.05, 0.1) is 22.6 Å². The van der Waals surface area contributed by atoms with Crippen LogP contribution in [0.15, 0.2) is 77.7 Å². The van der Waals surface area contributed by atoms with Crippen LogP contribution >= 0.6 is 0 Å². The highest BCUT2D eigenvalue weighted by molar-refractivity contribution is 7.89. The number of likely N-dealkylation sites (tertiary alicyclic amines) is 1. The van der Waals surface area contributed by atoms with Crippen LogP contribution in [0.1, 0.15) is 67.2 Å². The number of likely N-dealkylation sites (N-methyl/N-ethyl adjacent to an activating group) is 1. The average molecular weight is 591 g/mol. The minimum Gasteiger partial charge on any atom is -0.389 e. The molecule has 3 N–H and O–H groups in total. The second-order valence-corrected chi connectivity index (χ2v) is 13.7. The lowest BCUT2D eigenvalue weighted by Crippen LogP contribution is -2.54. The number of carbonyl (C=O) groups excluding carboxylic acids is 1. The van der Waals surface area contributed by atoms with E-state index in [1.807, 2.05) is 56.9 Å². The number of benzene rings is 3. The van der Waals surface area contributed by atoms with E-state index in [2.05, 4.69) is 27.1 Å². The van der Waals surface area contributed by atoms with Crippen molar-refractivity contribution in [1.82, 2.24) is 14.5 Å². The Balaban J connectivity index is 1.39. The van der Waals surface area contributed by atoms with Gasteiger partial charge in [0, 0.05) is 43.5 Å². The number of nitrogens with one attached hydrogen (secondary N) is 2. The first kappa shape index (κ1) is 30.2. The number of amides is 1. The maximum atomic E-state index is 13.9. The molecule has 1 amide bonds. The van der Waals surface area contributed by atoms with Crippen LogP contribution in [0, 0.1) is 0 Å². The topological polar surface area (TPSA) is 102 Å². The molecule has 2 heterocycles. The highest BCUT2D eigenvalue weighted by Gasteiger charge is 2.43. The first-order chi connectivity index (χ1) is 20.0. The van der Waals surface area contributed by atoms with Crippen molar-refractivity contribution < 1.29 is 18.3 Å². The number of rotatable bonds is 9. The Morgan fingerprint density at radius 2 is 1.76 bits per heavy atom. The van der Waals surface area contributed by atoms with E-state index >= 15 is 0 Å². The molecule has 1 saturated heterocycles. The Bertz CT molecular complexity index is 1510. The Hall–Kier alpha value is -3.24. The lowest BCUT2D eigenvalue weighted by Gasteiger charge is -2.43. The summed E-state index contributed by atoms with van der Waals surface area (Å²) in [7, 11) is -3.95. The number of sulfonamides is 1. The number of aliphatic hydroxyl groups is 1. The quantitative estimate of drug-likeness (QED) is 0.338. The second kappa shape index (κ2) is 12.2. The van der Waals surface area contributed by atoms with Crippen molar-refractivity contribution in [2.45, 2.75) is 75.7 Å². The molecule has 42 heavy (non-hydrogen) atoms. The fourth-order valence-corrected chi connectivity index (χ4v) is 7.35. The number of anilines is 1. The molecule has 0 bridgehead atoms. The van der Waals surface area contributed by atoms with Gasteiger partial charge < -0.3 is 15.3 Å². The maximum Gasteiger partial charge on any atom is 0.254 e. The minimum absolute atomic E-state index is 0.0882. The highest BCUT2D eigenvalue weighted by Crippen LogP contribution is 2.39. The summed E-state index contributed by atoms with van der Waals surface area (Å²) in [6, 6.07) is 21.6. The van der Waals surface area contributed by atoms with Gasteiger partial charge in [-0.3, -0.25) is 9.69 Å². The van der Waals surface area contributed by atoms with Gasteiger partial charge in [-0.05, 0) is 80.6 Å². The van der Waals surface area contributed by atoms with Crippen LogP contribution in [0.5, 0.6) is 0 Å². The lowest BCUT2D eigenvalue weighted by molar-refractivity contribution is 0.0689. The van der Waals surface area contributed by atoms with Gasteiger partial charge in [0.1, 0.15) is 0 Å². The van der Waals surface area contributed by atoms with Crippen LogP contribution in [-0.4, -0.2) is 66.6 Å². The molecule has 0 unspecified atom stereocenters. The summed E-state index contributed by atoms with van der Waals surface area (Å²) in [6.45, 7) is 10.8. The van der Waals surface area contributed by atoms with Crippen molar-refractivity contribution in [1.29, 1.82) is 0 Å². The van der Waals surface area contributed by atoms with Gasteiger partial charge in [-0.15, -0.1) is 0 Å². The SMILES string of the molecule is CCc1ccc(S(=O)(=O)N[C@@H]2c3cc(C(=O)N(CC)[C@H]4CCN(Cc5ccccc5)C4)ccc3NC(C)(C)[C@H]2O)cc1. The molecule has 5 rings (SSSR count).